The van der Waals surface area contributed by atoms with Crippen molar-refractivity contribution in [3.8, 4) is 5.75 Å². The lowest BCUT2D eigenvalue weighted by Crippen LogP contribution is -2.13. The second-order valence-electron chi connectivity index (χ2n) is 7.45. The molecule has 0 saturated carbocycles. The van der Waals surface area contributed by atoms with E-state index in [4.69, 9.17) is 9.15 Å². The minimum Gasteiger partial charge on any atom is -0.486 e. The topological polar surface area (TPSA) is 69.3 Å². The Bertz CT molecular complexity index is 1340. The van der Waals surface area contributed by atoms with Gasteiger partial charge in [-0.3, -0.25) is 9.48 Å². The van der Waals surface area contributed by atoms with E-state index in [-0.39, 0.29) is 18.2 Å². The average Bonchev–Trinajstić information content (AvgIpc) is 3.53. The molecular weight excluding hydrogens is 473 g/mol. The molecule has 1 N–H and O–H groups in total. The van der Waals surface area contributed by atoms with Crippen LogP contribution in [0.3, 0.4) is 0 Å². The number of aryl methyl sites for hydroxylation is 1. The molecule has 0 aliphatic rings. The van der Waals surface area contributed by atoms with Gasteiger partial charge in [-0.15, -0.1) is 0 Å². The molecule has 182 valence electrons. The van der Waals surface area contributed by atoms with Crippen molar-refractivity contribution in [1.82, 2.24) is 9.78 Å². The molecule has 2 heterocycles. The van der Waals surface area contributed by atoms with Crippen LogP contribution < -0.4 is 10.1 Å². The molecule has 0 unspecified atom stereocenters. The van der Waals surface area contributed by atoms with Crippen molar-refractivity contribution < 1.29 is 35.9 Å². The van der Waals surface area contributed by atoms with Gasteiger partial charge in [0.25, 0.3) is 5.91 Å². The summed E-state index contributed by atoms with van der Waals surface area (Å²) in [6, 6.07) is 11.8. The van der Waals surface area contributed by atoms with Crippen molar-refractivity contribution in [2.45, 2.75) is 26.5 Å². The lowest BCUT2D eigenvalue weighted by Gasteiger charge is -2.08. The molecule has 0 aliphatic carbocycles. The molecular formula is C24H18F5N3O3. The number of carbonyl (C=O) groups is 1. The van der Waals surface area contributed by atoms with Crippen LogP contribution in [0.5, 0.6) is 5.75 Å². The Balaban J connectivity index is 1.38. The smallest absolute Gasteiger partial charge is 0.292 e. The van der Waals surface area contributed by atoms with Crippen LogP contribution in [0.1, 0.15) is 34.4 Å². The molecule has 0 saturated heterocycles. The van der Waals surface area contributed by atoms with E-state index in [9.17, 15) is 26.7 Å². The van der Waals surface area contributed by atoms with Gasteiger partial charge >= 0.3 is 0 Å². The maximum absolute atomic E-state index is 13.9. The second kappa shape index (κ2) is 10.00. The zero-order valence-corrected chi connectivity index (χ0v) is 18.2. The van der Waals surface area contributed by atoms with Gasteiger partial charge in [0.1, 0.15) is 18.1 Å². The third kappa shape index (κ3) is 5.18. The highest BCUT2D eigenvalue weighted by atomic mass is 19.2. The van der Waals surface area contributed by atoms with Crippen LogP contribution in [0.4, 0.5) is 27.8 Å². The molecule has 0 fully saturated rings. The Morgan fingerprint density at radius 1 is 0.943 bits per heavy atom. The van der Waals surface area contributed by atoms with Gasteiger partial charge in [0.15, 0.2) is 34.8 Å². The highest BCUT2D eigenvalue weighted by molar-refractivity contribution is 6.01. The number of amides is 1. The predicted octanol–water partition coefficient (Wildman–Crippen LogP) is 5.61. The lowest BCUT2D eigenvalue weighted by atomic mass is 10.1. The molecule has 2 aromatic carbocycles. The molecule has 0 spiro atoms. The number of nitrogens with one attached hydrogen (secondary N) is 1. The minimum absolute atomic E-state index is 0.0240. The third-order valence-electron chi connectivity index (χ3n) is 5.10. The summed E-state index contributed by atoms with van der Waals surface area (Å²) in [4.78, 5) is 12.4. The van der Waals surface area contributed by atoms with E-state index in [1.165, 1.54) is 23.9 Å². The monoisotopic (exact) mass is 491 g/mol. The van der Waals surface area contributed by atoms with E-state index in [1.807, 2.05) is 31.2 Å². The van der Waals surface area contributed by atoms with E-state index < -0.39 is 47.1 Å². The fourth-order valence-corrected chi connectivity index (χ4v) is 3.20. The quantitative estimate of drug-likeness (QED) is 0.198. The second-order valence-corrected chi connectivity index (χ2v) is 7.45. The zero-order valence-electron chi connectivity index (χ0n) is 18.2. The number of furan rings is 1. The molecule has 0 aliphatic heterocycles. The summed E-state index contributed by atoms with van der Waals surface area (Å²) in [6.07, 6.45) is 2.12. The fourth-order valence-electron chi connectivity index (χ4n) is 3.20. The van der Waals surface area contributed by atoms with Crippen LogP contribution in [0.15, 0.2) is 53.1 Å². The number of hydrogen-bond acceptors (Lipinski definition) is 4. The molecule has 4 aromatic rings. The number of aromatic nitrogens is 2. The van der Waals surface area contributed by atoms with Gasteiger partial charge in [-0.1, -0.05) is 19.1 Å². The molecule has 35 heavy (non-hydrogen) atoms. The third-order valence-corrected chi connectivity index (χ3v) is 5.10. The normalized spacial score (nSPS) is 11.0. The number of halogens is 5. The Morgan fingerprint density at radius 3 is 2.26 bits per heavy atom. The zero-order chi connectivity index (χ0) is 25.1. The van der Waals surface area contributed by atoms with Gasteiger partial charge < -0.3 is 14.5 Å². The van der Waals surface area contributed by atoms with Gasteiger partial charge in [0.05, 0.1) is 12.1 Å². The SMILES string of the molecule is CCc1ccc(OCc2ccc(C(=O)Nc3ccn(Cc4c(F)c(F)c(F)c(F)c4F)n3)o2)cc1. The Labute approximate surface area is 195 Å². The predicted molar refractivity (Wildman–Crippen MR) is 114 cm³/mol. The van der Waals surface area contributed by atoms with Crippen LogP contribution >= 0.6 is 0 Å². The Morgan fingerprint density at radius 2 is 1.60 bits per heavy atom. The summed E-state index contributed by atoms with van der Waals surface area (Å²) >= 11 is 0. The number of rotatable bonds is 8. The van der Waals surface area contributed by atoms with Crippen molar-refractivity contribution in [1.29, 1.82) is 0 Å². The van der Waals surface area contributed by atoms with E-state index in [0.29, 0.717) is 11.5 Å². The van der Waals surface area contributed by atoms with Gasteiger partial charge in [-0.25, -0.2) is 22.0 Å². The number of ether oxygens (including phenoxy) is 1. The molecule has 2 aromatic heterocycles. The van der Waals surface area contributed by atoms with Crippen LogP contribution in [-0.2, 0) is 19.6 Å². The standard InChI is InChI=1S/C24H18F5N3O3/c1-2-13-3-5-14(6-4-13)34-12-15-7-8-17(35-15)24(33)30-18-9-10-32(31-18)11-16-19(25)21(27)23(29)22(28)20(16)26/h3-10H,2,11-12H2,1H3,(H,30,31,33). The van der Waals surface area contributed by atoms with Gasteiger partial charge in [0, 0.05) is 12.3 Å². The highest BCUT2D eigenvalue weighted by Gasteiger charge is 2.26. The maximum Gasteiger partial charge on any atom is 0.292 e. The average molecular weight is 491 g/mol. The number of benzene rings is 2. The van der Waals surface area contributed by atoms with Crippen LogP contribution in [0, 0.1) is 29.1 Å². The van der Waals surface area contributed by atoms with Crippen LogP contribution in [-0.4, -0.2) is 15.7 Å². The molecule has 11 heteroatoms. The summed E-state index contributed by atoms with van der Waals surface area (Å²) in [5.41, 5.74) is 0.117. The molecule has 4 rings (SSSR count). The van der Waals surface area contributed by atoms with Crippen LogP contribution in [0.2, 0.25) is 0 Å². The van der Waals surface area contributed by atoms with Gasteiger partial charge in [0.2, 0.25) is 5.82 Å². The first-order chi connectivity index (χ1) is 16.8. The summed E-state index contributed by atoms with van der Waals surface area (Å²) in [7, 11) is 0. The summed E-state index contributed by atoms with van der Waals surface area (Å²) in [5.74, 6) is -9.92. The minimum atomic E-state index is -2.24. The van der Waals surface area contributed by atoms with Crippen molar-refractivity contribution in [2.75, 3.05) is 5.32 Å². The van der Waals surface area contributed by atoms with Crippen molar-refractivity contribution in [2.24, 2.45) is 0 Å². The molecule has 0 atom stereocenters. The first-order valence-corrected chi connectivity index (χ1v) is 10.4. The summed E-state index contributed by atoms with van der Waals surface area (Å²) < 4.78 is 79.7. The first kappa shape index (κ1) is 24.0. The van der Waals surface area contributed by atoms with E-state index in [1.54, 1.807) is 6.07 Å². The molecule has 1 amide bonds. The number of nitrogens with zero attached hydrogens (tertiary/aromatic N) is 2. The number of anilines is 1. The van der Waals surface area contributed by atoms with Crippen molar-refractivity contribution in [3.63, 3.8) is 0 Å². The summed E-state index contributed by atoms with van der Waals surface area (Å²) in [5, 5.41) is 6.30. The Kier molecular flexibility index (Phi) is 6.85. The first-order valence-electron chi connectivity index (χ1n) is 10.4. The largest absolute Gasteiger partial charge is 0.486 e. The maximum atomic E-state index is 13.9. The highest BCUT2D eigenvalue weighted by Crippen LogP contribution is 2.24. The number of carbonyl (C=O) groups excluding carboxylic acids is 1. The van der Waals surface area contributed by atoms with E-state index in [2.05, 4.69) is 10.4 Å². The van der Waals surface area contributed by atoms with E-state index in [0.717, 1.165) is 11.1 Å². The van der Waals surface area contributed by atoms with Crippen molar-refractivity contribution in [3.05, 3.63) is 100 Å². The molecule has 0 bridgehead atoms. The fraction of sp³-hybridized carbons (Fsp3) is 0.167. The number of hydrogen-bond donors (Lipinski definition) is 1. The molecule has 6 nitrogen and oxygen atoms in total. The van der Waals surface area contributed by atoms with Crippen molar-refractivity contribution >= 4 is 11.7 Å². The lowest BCUT2D eigenvalue weighted by molar-refractivity contribution is 0.0992. The van der Waals surface area contributed by atoms with Gasteiger partial charge in [-0.05, 0) is 36.2 Å². The molecule has 0 radical (unpaired) electrons. The Hall–Kier alpha value is -4.15. The van der Waals surface area contributed by atoms with E-state index >= 15 is 0 Å². The summed E-state index contributed by atoms with van der Waals surface area (Å²) in [6.45, 7) is 1.39. The van der Waals surface area contributed by atoms with Crippen LogP contribution in [0.25, 0.3) is 0 Å². The van der Waals surface area contributed by atoms with Gasteiger partial charge in [-0.2, -0.15) is 5.10 Å².